The molecular formula is C17H18N2O. The third kappa shape index (κ3) is 2.45. The van der Waals surface area contributed by atoms with E-state index in [9.17, 15) is 0 Å². The smallest absolute Gasteiger partial charge is 0.134 e. The van der Waals surface area contributed by atoms with Gasteiger partial charge in [-0.3, -0.25) is 4.98 Å². The van der Waals surface area contributed by atoms with E-state index >= 15 is 0 Å². The van der Waals surface area contributed by atoms with Crippen LogP contribution in [0.5, 0.6) is 0 Å². The van der Waals surface area contributed by atoms with Crippen LogP contribution in [0.4, 0.5) is 0 Å². The Morgan fingerprint density at radius 3 is 2.65 bits per heavy atom. The first-order valence-electron chi connectivity index (χ1n) is 6.86. The number of rotatable bonds is 4. The van der Waals surface area contributed by atoms with Crippen molar-refractivity contribution in [1.29, 1.82) is 0 Å². The highest BCUT2D eigenvalue weighted by atomic mass is 16.3. The number of furan rings is 1. The molecule has 1 atom stereocenters. The van der Waals surface area contributed by atoms with Crippen molar-refractivity contribution in [3.63, 3.8) is 0 Å². The number of para-hydroxylation sites is 1. The summed E-state index contributed by atoms with van der Waals surface area (Å²) < 4.78 is 5.97. The molecule has 102 valence electrons. The van der Waals surface area contributed by atoms with Gasteiger partial charge in [0.1, 0.15) is 11.3 Å². The molecule has 0 aliphatic heterocycles. The lowest BCUT2D eigenvalue weighted by atomic mass is 10.1. The standard InChI is InChI=1S/C17H18N2O/c1-12-15-5-3-4-6-16(15)20-17(12)13(2)19-11-14-7-9-18-10-8-14/h3-10,13,19H,11H2,1-2H3. The van der Waals surface area contributed by atoms with Gasteiger partial charge in [-0.25, -0.2) is 0 Å². The molecule has 0 saturated heterocycles. The third-order valence-corrected chi connectivity index (χ3v) is 3.64. The maximum Gasteiger partial charge on any atom is 0.134 e. The van der Waals surface area contributed by atoms with Crippen molar-refractivity contribution in [3.05, 3.63) is 65.7 Å². The Kier molecular flexibility index (Phi) is 3.52. The van der Waals surface area contributed by atoms with E-state index in [4.69, 9.17) is 4.42 Å². The van der Waals surface area contributed by atoms with Crippen LogP contribution in [0.3, 0.4) is 0 Å². The molecule has 0 aliphatic rings. The van der Waals surface area contributed by atoms with E-state index in [1.54, 1.807) is 0 Å². The summed E-state index contributed by atoms with van der Waals surface area (Å²) in [5.41, 5.74) is 3.40. The fourth-order valence-corrected chi connectivity index (χ4v) is 2.47. The number of hydrogen-bond donors (Lipinski definition) is 1. The highest BCUT2D eigenvalue weighted by molar-refractivity contribution is 5.82. The average Bonchev–Trinajstić information content (AvgIpc) is 2.84. The highest BCUT2D eigenvalue weighted by Gasteiger charge is 2.15. The van der Waals surface area contributed by atoms with Crippen LogP contribution >= 0.6 is 0 Å². The van der Waals surface area contributed by atoms with Crippen molar-refractivity contribution < 1.29 is 4.42 Å². The minimum atomic E-state index is 0.176. The van der Waals surface area contributed by atoms with Crippen molar-refractivity contribution in [2.24, 2.45) is 0 Å². The Labute approximate surface area is 118 Å². The quantitative estimate of drug-likeness (QED) is 0.776. The van der Waals surface area contributed by atoms with E-state index in [1.807, 2.05) is 42.7 Å². The van der Waals surface area contributed by atoms with Crippen LogP contribution < -0.4 is 5.32 Å². The number of aryl methyl sites for hydroxylation is 1. The summed E-state index contributed by atoms with van der Waals surface area (Å²) >= 11 is 0. The van der Waals surface area contributed by atoms with Crippen molar-refractivity contribution in [2.45, 2.75) is 26.4 Å². The summed E-state index contributed by atoms with van der Waals surface area (Å²) in [4.78, 5) is 4.03. The molecule has 3 heteroatoms. The molecule has 3 rings (SSSR count). The van der Waals surface area contributed by atoms with Crippen LogP contribution in [0, 0.1) is 6.92 Å². The molecule has 20 heavy (non-hydrogen) atoms. The molecule has 0 saturated carbocycles. The lowest BCUT2D eigenvalue weighted by Gasteiger charge is -2.12. The van der Waals surface area contributed by atoms with E-state index in [-0.39, 0.29) is 6.04 Å². The number of nitrogens with zero attached hydrogens (tertiary/aromatic N) is 1. The van der Waals surface area contributed by atoms with Gasteiger partial charge in [0.05, 0.1) is 6.04 Å². The van der Waals surface area contributed by atoms with E-state index in [2.05, 4.69) is 30.2 Å². The van der Waals surface area contributed by atoms with Gasteiger partial charge in [0, 0.05) is 24.3 Å². The number of nitrogens with one attached hydrogen (secondary N) is 1. The van der Waals surface area contributed by atoms with Crippen LogP contribution in [0.15, 0.2) is 53.2 Å². The van der Waals surface area contributed by atoms with Crippen LogP contribution in [-0.2, 0) is 6.54 Å². The van der Waals surface area contributed by atoms with Crippen LogP contribution in [0.1, 0.15) is 29.9 Å². The van der Waals surface area contributed by atoms with E-state index in [0.717, 1.165) is 17.9 Å². The van der Waals surface area contributed by atoms with Gasteiger partial charge in [-0.1, -0.05) is 18.2 Å². The Morgan fingerprint density at radius 2 is 1.90 bits per heavy atom. The topological polar surface area (TPSA) is 38.1 Å². The van der Waals surface area contributed by atoms with Crippen molar-refractivity contribution in [1.82, 2.24) is 10.3 Å². The van der Waals surface area contributed by atoms with Crippen molar-refractivity contribution >= 4 is 11.0 Å². The predicted molar refractivity (Wildman–Crippen MR) is 80.4 cm³/mol. The molecule has 0 radical (unpaired) electrons. The molecule has 1 aromatic carbocycles. The second-order valence-corrected chi connectivity index (χ2v) is 5.05. The summed E-state index contributed by atoms with van der Waals surface area (Å²) in [6.45, 7) is 5.05. The van der Waals surface area contributed by atoms with Crippen LogP contribution in [0.2, 0.25) is 0 Å². The molecule has 3 aromatic rings. The first-order valence-corrected chi connectivity index (χ1v) is 6.86. The Hall–Kier alpha value is -2.13. The summed E-state index contributed by atoms with van der Waals surface area (Å²) in [6, 6.07) is 12.4. The molecule has 1 unspecified atom stereocenters. The summed E-state index contributed by atoms with van der Waals surface area (Å²) in [5, 5.41) is 4.69. The van der Waals surface area contributed by atoms with E-state index in [0.29, 0.717) is 0 Å². The van der Waals surface area contributed by atoms with Gasteiger partial charge in [-0.05, 0) is 43.2 Å². The summed E-state index contributed by atoms with van der Waals surface area (Å²) in [7, 11) is 0. The lowest BCUT2D eigenvalue weighted by molar-refractivity contribution is 0.447. The first kappa shape index (κ1) is 12.9. The number of aromatic nitrogens is 1. The molecule has 3 nitrogen and oxygen atoms in total. The third-order valence-electron chi connectivity index (χ3n) is 3.64. The largest absolute Gasteiger partial charge is 0.459 e. The molecule has 2 aromatic heterocycles. The fourth-order valence-electron chi connectivity index (χ4n) is 2.47. The first-order chi connectivity index (χ1) is 9.75. The van der Waals surface area contributed by atoms with Gasteiger partial charge in [0.15, 0.2) is 0 Å². The van der Waals surface area contributed by atoms with Crippen molar-refractivity contribution in [3.8, 4) is 0 Å². The maximum atomic E-state index is 5.97. The van der Waals surface area contributed by atoms with Crippen molar-refractivity contribution in [2.75, 3.05) is 0 Å². The Morgan fingerprint density at radius 1 is 1.15 bits per heavy atom. The molecule has 0 bridgehead atoms. The van der Waals surface area contributed by atoms with Crippen LogP contribution in [-0.4, -0.2) is 4.98 Å². The SMILES string of the molecule is Cc1c(C(C)NCc2ccncc2)oc2ccccc12. The van der Waals surface area contributed by atoms with E-state index < -0.39 is 0 Å². The zero-order chi connectivity index (χ0) is 13.9. The zero-order valence-electron chi connectivity index (χ0n) is 11.8. The molecule has 1 N–H and O–H groups in total. The van der Waals surface area contributed by atoms with Crippen LogP contribution in [0.25, 0.3) is 11.0 Å². The number of pyridine rings is 1. The Balaban J connectivity index is 1.79. The summed E-state index contributed by atoms with van der Waals surface area (Å²) in [5.74, 6) is 1.01. The monoisotopic (exact) mass is 266 g/mol. The molecule has 0 aliphatic carbocycles. The Bertz CT molecular complexity index is 703. The minimum Gasteiger partial charge on any atom is -0.459 e. The molecular weight excluding hydrogens is 248 g/mol. The highest BCUT2D eigenvalue weighted by Crippen LogP contribution is 2.29. The second-order valence-electron chi connectivity index (χ2n) is 5.05. The maximum absolute atomic E-state index is 5.97. The molecule has 0 amide bonds. The number of hydrogen-bond acceptors (Lipinski definition) is 3. The second kappa shape index (κ2) is 5.47. The molecule has 0 fully saturated rings. The van der Waals surface area contributed by atoms with Gasteiger partial charge in [0.2, 0.25) is 0 Å². The predicted octanol–water partition coefficient (Wildman–Crippen LogP) is 3.99. The van der Waals surface area contributed by atoms with Gasteiger partial charge in [-0.2, -0.15) is 0 Å². The zero-order valence-corrected chi connectivity index (χ0v) is 11.8. The number of benzene rings is 1. The average molecular weight is 266 g/mol. The van der Waals surface area contributed by atoms with Gasteiger partial charge < -0.3 is 9.73 Å². The van der Waals surface area contributed by atoms with Gasteiger partial charge >= 0.3 is 0 Å². The lowest BCUT2D eigenvalue weighted by Crippen LogP contribution is -2.18. The normalized spacial score (nSPS) is 12.7. The fraction of sp³-hybridized carbons (Fsp3) is 0.235. The molecule has 2 heterocycles. The molecule has 0 spiro atoms. The summed E-state index contributed by atoms with van der Waals surface area (Å²) in [6.07, 6.45) is 3.63. The van der Waals surface area contributed by atoms with E-state index in [1.165, 1.54) is 16.5 Å². The minimum absolute atomic E-state index is 0.176. The van der Waals surface area contributed by atoms with Gasteiger partial charge in [0.25, 0.3) is 0 Å². The van der Waals surface area contributed by atoms with Gasteiger partial charge in [-0.15, -0.1) is 0 Å². The number of fused-ring (bicyclic) bond motifs is 1.